The van der Waals surface area contributed by atoms with E-state index in [-0.39, 0.29) is 11.8 Å². The lowest BCUT2D eigenvalue weighted by molar-refractivity contribution is -0.114. The van der Waals surface area contributed by atoms with E-state index in [9.17, 15) is 9.59 Å². The van der Waals surface area contributed by atoms with Crippen LogP contribution in [0, 0.1) is 13.8 Å². The minimum absolute atomic E-state index is 0.144. The molecule has 22 heavy (non-hydrogen) atoms. The number of halogens is 1. The number of hydrogen-bond donors (Lipinski definition) is 2. The molecule has 2 amide bonds. The van der Waals surface area contributed by atoms with Gasteiger partial charge < -0.3 is 10.6 Å². The van der Waals surface area contributed by atoms with Crippen molar-refractivity contribution in [1.82, 2.24) is 0 Å². The third kappa shape index (κ3) is 3.95. The molecule has 0 fully saturated rings. The molecule has 0 aliphatic carbocycles. The van der Waals surface area contributed by atoms with Crippen molar-refractivity contribution < 1.29 is 9.59 Å². The second kappa shape index (κ2) is 6.75. The lowest BCUT2D eigenvalue weighted by Crippen LogP contribution is -2.13. The summed E-state index contributed by atoms with van der Waals surface area (Å²) < 4.78 is 0.892. The van der Waals surface area contributed by atoms with E-state index < -0.39 is 0 Å². The SMILES string of the molecule is CC(=O)Nc1cc(NC(=O)c2ccc(C)c(Br)c2)ccc1C. The van der Waals surface area contributed by atoms with Crippen LogP contribution in [0.15, 0.2) is 40.9 Å². The zero-order chi connectivity index (χ0) is 16.3. The summed E-state index contributed by atoms with van der Waals surface area (Å²) in [6.07, 6.45) is 0. The van der Waals surface area contributed by atoms with Crippen molar-refractivity contribution in [3.63, 3.8) is 0 Å². The molecule has 0 radical (unpaired) electrons. The maximum Gasteiger partial charge on any atom is 0.255 e. The molecule has 2 aromatic rings. The van der Waals surface area contributed by atoms with Crippen molar-refractivity contribution in [2.45, 2.75) is 20.8 Å². The Balaban J connectivity index is 2.21. The Kier molecular flexibility index (Phi) is 4.98. The van der Waals surface area contributed by atoms with Crippen LogP contribution in [-0.4, -0.2) is 11.8 Å². The van der Waals surface area contributed by atoms with E-state index in [1.165, 1.54) is 6.92 Å². The smallest absolute Gasteiger partial charge is 0.255 e. The highest BCUT2D eigenvalue weighted by Gasteiger charge is 2.09. The average Bonchev–Trinajstić information content (AvgIpc) is 2.45. The van der Waals surface area contributed by atoms with Crippen molar-refractivity contribution in [2.75, 3.05) is 10.6 Å². The number of hydrogen-bond acceptors (Lipinski definition) is 2. The fourth-order valence-corrected chi connectivity index (χ4v) is 2.34. The van der Waals surface area contributed by atoms with Gasteiger partial charge in [0.25, 0.3) is 5.91 Å². The molecule has 0 aliphatic rings. The standard InChI is InChI=1S/C17H17BrN2O2/c1-10-4-6-13(8-15(10)18)17(22)20-14-7-5-11(2)16(9-14)19-12(3)21/h4-9H,1-3H3,(H,19,21)(H,20,22). The molecule has 2 N–H and O–H groups in total. The third-order valence-electron chi connectivity index (χ3n) is 3.24. The fourth-order valence-electron chi connectivity index (χ4n) is 1.96. The number of anilines is 2. The number of aryl methyl sites for hydroxylation is 2. The Hall–Kier alpha value is -2.14. The molecule has 4 nitrogen and oxygen atoms in total. The van der Waals surface area contributed by atoms with Gasteiger partial charge in [0.05, 0.1) is 0 Å². The van der Waals surface area contributed by atoms with Crippen molar-refractivity contribution in [2.24, 2.45) is 0 Å². The number of carbonyl (C=O) groups is 2. The molecule has 0 atom stereocenters. The first-order chi connectivity index (χ1) is 10.4. The number of benzene rings is 2. The largest absolute Gasteiger partial charge is 0.326 e. The number of carbonyl (C=O) groups excluding carboxylic acids is 2. The summed E-state index contributed by atoms with van der Waals surface area (Å²) in [5.41, 5.74) is 3.90. The molecule has 0 unspecified atom stereocenters. The second-order valence-corrected chi connectivity index (χ2v) is 5.98. The summed E-state index contributed by atoms with van der Waals surface area (Å²) >= 11 is 3.42. The molecule has 0 saturated carbocycles. The zero-order valence-corrected chi connectivity index (χ0v) is 14.2. The third-order valence-corrected chi connectivity index (χ3v) is 4.09. The highest BCUT2D eigenvalue weighted by molar-refractivity contribution is 9.10. The number of amides is 2. The van der Waals surface area contributed by atoms with Crippen molar-refractivity contribution >= 4 is 39.1 Å². The Morgan fingerprint density at radius 3 is 2.27 bits per heavy atom. The topological polar surface area (TPSA) is 58.2 Å². The van der Waals surface area contributed by atoms with E-state index in [0.717, 1.165) is 15.6 Å². The van der Waals surface area contributed by atoms with Crippen molar-refractivity contribution in [1.29, 1.82) is 0 Å². The normalized spacial score (nSPS) is 10.2. The molecule has 114 valence electrons. The maximum atomic E-state index is 12.3. The van der Waals surface area contributed by atoms with Crippen LogP contribution in [0.3, 0.4) is 0 Å². The summed E-state index contributed by atoms with van der Waals surface area (Å²) in [4.78, 5) is 23.5. The van der Waals surface area contributed by atoms with Gasteiger partial charge in [-0.2, -0.15) is 0 Å². The molecule has 0 aliphatic heterocycles. The van der Waals surface area contributed by atoms with Crippen LogP contribution in [0.4, 0.5) is 11.4 Å². The van der Waals surface area contributed by atoms with Gasteiger partial charge >= 0.3 is 0 Å². The van der Waals surface area contributed by atoms with Gasteiger partial charge in [-0.3, -0.25) is 9.59 Å². The lowest BCUT2D eigenvalue weighted by Gasteiger charge is -2.11. The van der Waals surface area contributed by atoms with E-state index >= 15 is 0 Å². The zero-order valence-electron chi connectivity index (χ0n) is 12.7. The van der Waals surface area contributed by atoms with Crippen LogP contribution in [0.25, 0.3) is 0 Å². The van der Waals surface area contributed by atoms with E-state index in [1.54, 1.807) is 18.2 Å². The summed E-state index contributed by atoms with van der Waals surface area (Å²) in [6.45, 7) is 5.31. The molecule has 0 saturated heterocycles. The van der Waals surface area contributed by atoms with Crippen LogP contribution >= 0.6 is 15.9 Å². The minimum atomic E-state index is -0.196. The first-order valence-corrected chi connectivity index (χ1v) is 7.62. The monoisotopic (exact) mass is 360 g/mol. The highest BCUT2D eigenvalue weighted by atomic mass is 79.9. The molecule has 2 aromatic carbocycles. The van der Waals surface area contributed by atoms with Gasteiger partial charge in [0.2, 0.25) is 5.91 Å². The van der Waals surface area contributed by atoms with E-state index in [1.807, 2.05) is 32.0 Å². The van der Waals surface area contributed by atoms with Crippen LogP contribution in [0.1, 0.15) is 28.4 Å². The molecule has 5 heteroatoms. The predicted molar refractivity (Wildman–Crippen MR) is 92.3 cm³/mol. The van der Waals surface area contributed by atoms with Crippen LogP contribution in [0.2, 0.25) is 0 Å². The summed E-state index contributed by atoms with van der Waals surface area (Å²) in [7, 11) is 0. The molecular formula is C17H17BrN2O2. The summed E-state index contributed by atoms with van der Waals surface area (Å²) in [6, 6.07) is 10.9. The molecule has 0 heterocycles. The van der Waals surface area contributed by atoms with Gasteiger partial charge in [-0.1, -0.05) is 28.1 Å². The Morgan fingerprint density at radius 2 is 1.64 bits per heavy atom. The quantitative estimate of drug-likeness (QED) is 0.858. The van der Waals surface area contributed by atoms with Gasteiger partial charge in [0.15, 0.2) is 0 Å². The summed E-state index contributed by atoms with van der Waals surface area (Å²) in [5, 5.41) is 5.58. The second-order valence-electron chi connectivity index (χ2n) is 5.13. The summed E-state index contributed by atoms with van der Waals surface area (Å²) in [5.74, 6) is -0.340. The van der Waals surface area contributed by atoms with Crippen molar-refractivity contribution in [3.8, 4) is 0 Å². The lowest BCUT2D eigenvalue weighted by atomic mass is 10.1. The number of nitrogens with one attached hydrogen (secondary N) is 2. The van der Waals surface area contributed by atoms with Gasteiger partial charge in [-0.25, -0.2) is 0 Å². The maximum absolute atomic E-state index is 12.3. The molecular weight excluding hydrogens is 344 g/mol. The van der Waals surface area contributed by atoms with Gasteiger partial charge in [0.1, 0.15) is 0 Å². The van der Waals surface area contributed by atoms with Gasteiger partial charge in [-0.05, 0) is 49.2 Å². The van der Waals surface area contributed by atoms with Crippen LogP contribution < -0.4 is 10.6 Å². The van der Waals surface area contributed by atoms with Gasteiger partial charge in [0, 0.05) is 28.3 Å². The van der Waals surface area contributed by atoms with E-state index in [4.69, 9.17) is 0 Å². The predicted octanol–water partition coefficient (Wildman–Crippen LogP) is 4.28. The molecule has 0 aromatic heterocycles. The highest BCUT2D eigenvalue weighted by Crippen LogP contribution is 2.22. The average molecular weight is 361 g/mol. The van der Waals surface area contributed by atoms with E-state index in [2.05, 4.69) is 26.6 Å². The fraction of sp³-hybridized carbons (Fsp3) is 0.176. The van der Waals surface area contributed by atoms with Crippen molar-refractivity contribution in [3.05, 3.63) is 57.6 Å². The first kappa shape index (κ1) is 16.2. The molecule has 2 rings (SSSR count). The minimum Gasteiger partial charge on any atom is -0.326 e. The Labute approximate surface area is 138 Å². The molecule has 0 bridgehead atoms. The Morgan fingerprint density at radius 1 is 0.955 bits per heavy atom. The number of rotatable bonds is 3. The van der Waals surface area contributed by atoms with Crippen LogP contribution in [0.5, 0.6) is 0 Å². The van der Waals surface area contributed by atoms with E-state index in [0.29, 0.717) is 16.9 Å². The first-order valence-electron chi connectivity index (χ1n) is 6.82. The Bertz CT molecular complexity index is 741. The van der Waals surface area contributed by atoms with Gasteiger partial charge in [-0.15, -0.1) is 0 Å². The van der Waals surface area contributed by atoms with Crippen LogP contribution in [-0.2, 0) is 4.79 Å². The molecule has 0 spiro atoms.